The number of hydrogen-bond donors (Lipinski definition) is 0. The predicted octanol–water partition coefficient (Wildman–Crippen LogP) is 6.55. The molecule has 0 atom stereocenters. The molecule has 0 amide bonds. The van der Waals surface area contributed by atoms with Crippen molar-refractivity contribution in [3.05, 3.63) is 58.1 Å². The smallest absolute Gasteiger partial charge is 0.0295 e. The van der Waals surface area contributed by atoms with Gasteiger partial charge in [-0.3, -0.25) is 0 Å². The summed E-state index contributed by atoms with van der Waals surface area (Å²) in [6.07, 6.45) is 0. The zero-order chi connectivity index (χ0) is 13.4. The van der Waals surface area contributed by atoms with Crippen molar-refractivity contribution in [1.29, 1.82) is 0 Å². The Kier molecular flexibility index (Phi) is 3.97. The zero-order valence-corrected chi connectivity index (χ0v) is 14.8. The number of alkyl halides is 2. The molecular weight excluding hydrogens is 432 g/mol. The maximum atomic E-state index is 3.64. The normalized spacial score (nSPS) is 11.3. The topological polar surface area (TPSA) is 0 Å². The molecular formula is C16H11Br3. The van der Waals surface area contributed by atoms with E-state index in [9.17, 15) is 0 Å². The summed E-state index contributed by atoms with van der Waals surface area (Å²) < 4.78 is 1.12. The average molecular weight is 443 g/mol. The minimum atomic E-state index is 0.864. The molecule has 96 valence electrons. The van der Waals surface area contributed by atoms with Crippen LogP contribution in [0.15, 0.2) is 46.9 Å². The third-order valence-electron chi connectivity index (χ3n) is 3.48. The number of rotatable bonds is 2. The zero-order valence-electron chi connectivity index (χ0n) is 10.1. The van der Waals surface area contributed by atoms with E-state index in [1.165, 1.54) is 32.7 Å². The first-order chi connectivity index (χ1) is 9.26. The minimum Gasteiger partial charge on any atom is -0.0876 e. The van der Waals surface area contributed by atoms with Gasteiger partial charge in [-0.15, -0.1) is 0 Å². The van der Waals surface area contributed by atoms with E-state index in [4.69, 9.17) is 0 Å². The standard InChI is InChI=1S/C16H11Br3/c17-8-15-11-3-1-2-4-12(11)16(9-18)14-7-10(19)5-6-13(14)15/h1-7H,8-9H2. The van der Waals surface area contributed by atoms with Gasteiger partial charge in [0.05, 0.1) is 0 Å². The maximum absolute atomic E-state index is 3.64. The largest absolute Gasteiger partial charge is 0.0876 e. The molecule has 3 heteroatoms. The third-order valence-corrected chi connectivity index (χ3v) is 5.09. The van der Waals surface area contributed by atoms with E-state index in [0.717, 1.165) is 15.1 Å². The van der Waals surface area contributed by atoms with Crippen LogP contribution in [0, 0.1) is 0 Å². The molecule has 0 saturated carbocycles. The van der Waals surface area contributed by atoms with Crippen molar-refractivity contribution in [1.82, 2.24) is 0 Å². The first kappa shape index (κ1) is 13.6. The summed E-state index contributed by atoms with van der Waals surface area (Å²) in [5, 5.41) is 7.05. The van der Waals surface area contributed by atoms with Crippen LogP contribution in [0.25, 0.3) is 21.5 Å². The Morgan fingerprint density at radius 3 is 1.79 bits per heavy atom. The highest BCUT2D eigenvalue weighted by molar-refractivity contribution is 9.10. The van der Waals surface area contributed by atoms with E-state index >= 15 is 0 Å². The van der Waals surface area contributed by atoms with Crippen molar-refractivity contribution in [3.8, 4) is 0 Å². The van der Waals surface area contributed by atoms with Gasteiger partial charge in [0.2, 0.25) is 0 Å². The van der Waals surface area contributed by atoms with E-state index in [-0.39, 0.29) is 0 Å². The first-order valence-electron chi connectivity index (χ1n) is 6.00. The Bertz CT molecular complexity index is 763. The Labute approximate surface area is 137 Å². The van der Waals surface area contributed by atoms with Gasteiger partial charge in [0.25, 0.3) is 0 Å². The fourth-order valence-corrected chi connectivity index (χ4v) is 4.19. The van der Waals surface area contributed by atoms with Crippen LogP contribution >= 0.6 is 47.8 Å². The second kappa shape index (κ2) is 5.55. The lowest BCUT2D eigenvalue weighted by Gasteiger charge is -2.14. The van der Waals surface area contributed by atoms with Gasteiger partial charge in [-0.05, 0) is 44.8 Å². The van der Waals surface area contributed by atoms with E-state index < -0.39 is 0 Å². The summed E-state index contributed by atoms with van der Waals surface area (Å²) in [6.45, 7) is 0. The number of hydrogen-bond acceptors (Lipinski definition) is 0. The lowest BCUT2D eigenvalue weighted by Crippen LogP contribution is -1.92. The van der Waals surface area contributed by atoms with Gasteiger partial charge >= 0.3 is 0 Å². The van der Waals surface area contributed by atoms with Crippen LogP contribution < -0.4 is 0 Å². The molecule has 0 unspecified atom stereocenters. The fourth-order valence-electron chi connectivity index (χ4n) is 2.62. The second-order valence-electron chi connectivity index (χ2n) is 4.46. The molecule has 0 N–H and O–H groups in total. The molecule has 0 nitrogen and oxygen atoms in total. The fraction of sp³-hybridized carbons (Fsp3) is 0.125. The minimum absolute atomic E-state index is 0.864. The van der Waals surface area contributed by atoms with E-state index in [2.05, 4.69) is 90.3 Å². The van der Waals surface area contributed by atoms with Gasteiger partial charge in [0.15, 0.2) is 0 Å². The van der Waals surface area contributed by atoms with Crippen LogP contribution in [-0.2, 0) is 10.7 Å². The van der Waals surface area contributed by atoms with Gasteiger partial charge in [-0.1, -0.05) is 78.1 Å². The summed E-state index contributed by atoms with van der Waals surface area (Å²) >= 11 is 10.9. The van der Waals surface area contributed by atoms with Crippen molar-refractivity contribution in [2.75, 3.05) is 0 Å². The van der Waals surface area contributed by atoms with E-state index in [1.807, 2.05) is 0 Å². The Morgan fingerprint density at radius 1 is 0.684 bits per heavy atom. The number of benzene rings is 3. The van der Waals surface area contributed by atoms with Crippen molar-refractivity contribution >= 4 is 69.3 Å². The van der Waals surface area contributed by atoms with Gasteiger partial charge in [0, 0.05) is 15.1 Å². The lowest BCUT2D eigenvalue weighted by atomic mass is 9.93. The van der Waals surface area contributed by atoms with Crippen LogP contribution in [0.3, 0.4) is 0 Å². The maximum Gasteiger partial charge on any atom is 0.0295 e. The SMILES string of the molecule is BrCc1c2ccccc2c(CBr)c2cc(Br)ccc12. The van der Waals surface area contributed by atoms with Gasteiger partial charge in [-0.2, -0.15) is 0 Å². The van der Waals surface area contributed by atoms with Crippen LogP contribution in [0.4, 0.5) is 0 Å². The predicted molar refractivity (Wildman–Crippen MR) is 94.4 cm³/mol. The lowest BCUT2D eigenvalue weighted by molar-refractivity contribution is 1.48. The molecule has 3 aromatic rings. The van der Waals surface area contributed by atoms with Gasteiger partial charge < -0.3 is 0 Å². The molecule has 0 saturated heterocycles. The Hall–Kier alpha value is -0.380. The van der Waals surface area contributed by atoms with Crippen LogP contribution in [-0.4, -0.2) is 0 Å². The highest BCUT2D eigenvalue weighted by atomic mass is 79.9. The Morgan fingerprint density at radius 2 is 1.21 bits per heavy atom. The molecule has 3 aromatic carbocycles. The van der Waals surface area contributed by atoms with Crippen LogP contribution in [0.1, 0.15) is 11.1 Å². The van der Waals surface area contributed by atoms with Crippen LogP contribution in [0.5, 0.6) is 0 Å². The molecule has 19 heavy (non-hydrogen) atoms. The van der Waals surface area contributed by atoms with Crippen LogP contribution in [0.2, 0.25) is 0 Å². The first-order valence-corrected chi connectivity index (χ1v) is 9.03. The van der Waals surface area contributed by atoms with Crippen molar-refractivity contribution in [3.63, 3.8) is 0 Å². The van der Waals surface area contributed by atoms with Crippen molar-refractivity contribution in [2.24, 2.45) is 0 Å². The average Bonchev–Trinajstić information content (AvgIpc) is 2.44. The third kappa shape index (κ3) is 2.26. The number of fused-ring (bicyclic) bond motifs is 2. The summed E-state index contributed by atoms with van der Waals surface area (Å²) in [5.74, 6) is 0. The van der Waals surface area contributed by atoms with Gasteiger partial charge in [0.1, 0.15) is 0 Å². The van der Waals surface area contributed by atoms with E-state index in [1.54, 1.807) is 0 Å². The monoisotopic (exact) mass is 440 g/mol. The molecule has 0 aliphatic rings. The molecule has 0 aliphatic heterocycles. The quantitative estimate of drug-likeness (QED) is 0.312. The van der Waals surface area contributed by atoms with Crippen molar-refractivity contribution < 1.29 is 0 Å². The summed E-state index contributed by atoms with van der Waals surface area (Å²) in [5.41, 5.74) is 2.72. The molecule has 0 spiro atoms. The van der Waals surface area contributed by atoms with E-state index in [0.29, 0.717) is 0 Å². The molecule has 0 heterocycles. The molecule has 0 radical (unpaired) electrons. The summed E-state index contributed by atoms with van der Waals surface area (Å²) in [7, 11) is 0. The molecule has 0 aromatic heterocycles. The molecule has 0 aliphatic carbocycles. The highest BCUT2D eigenvalue weighted by Gasteiger charge is 2.12. The molecule has 3 rings (SSSR count). The summed E-state index contributed by atoms with van der Waals surface area (Å²) in [4.78, 5) is 0. The second-order valence-corrected chi connectivity index (χ2v) is 6.50. The Balaban J connectivity index is 2.60. The van der Waals surface area contributed by atoms with Crippen molar-refractivity contribution in [2.45, 2.75) is 10.7 Å². The molecule has 0 bridgehead atoms. The summed E-state index contributed by atoms with van der Waals surface area (Å²) in [6, 6.07) is 15.2. The number of halogens is 3. The van der Waals surface area contributed by atoms with Gasteiger partial charge in [-0.25, -0.2) is 0 Å². The highest BCUT2D eigenvalue weighted by Crippen LogP contribution is 2.36. The molecule has 0 fully saturated rings.